The van der Waals surface area contributed by atoms with Gasteiger partial charge in [-0.3, -0.25) is 9.59 Å². The van der Waals surface area contributed by atoms with Gasteiger partial charge in [-0.1, -0.05) is 6.08 Å². The van der Waals surface area contributed by atoms with Crippen LogP contribution in [0.5, 0.6) is 0 Å². The van der Waals surface area contributed by atoms with E-state index >= 15 is 0 Å². The molecule has 0 spiro atoms. The van der Waals surface area contributed by atoms with Gasteiger partial charge in [0.1, 0.15) is 12.2 Å². The van der Waals surface area contributed by atoms with Gasteiger partial charge in [-0.05, 0) is 25.3 Å². The molecule has 3 aliphatic rings. The van der Waals surface area contributed by atoms with E-state index in [0.717, 1.165) is 12.8 Å². The maximum atomic E-state index is 11.6. The third-order valence-corrected chi connectivity index (χ3v) is 3.71. The van der Waals surface area contributed by atoms with Gasteiger partial charge in [0.15, 0.2) is 0 Å². The van der Waals surface area contributed by atoms with Crippen molar-refractivity contribution in [3.05, 3.63) is 12.2 Å². The van der Waals surface area contributed by atoms with Crippen LogP contribution in [0, 0.1) is 11.8 Å². The Balaban J connectivity index is 1.91. The van der Waals surface area contributed by atoms with Crippen molar-refractivity contribution >= 4 is 11.9 Å². The molecule has 2 heterocycles. The highest BCUT2D eigenvalue weighted by Gasteiger charge is 2.53. The predicted molar refractivity (Wildman–Crippen MR) is 54.3 cm³/mol. The van der Waals surface area contributed by atoms with Crippen LogP contribution in [0.3, 0.4) is 0 Å². The van der Waals surface area contributed by atoms with Crippen LogP contribution in [-0.2, 0) is 19.1 Å². The summed E-state index contributed by atoms with van der Waals surface area (Å²) in [4.78, 5) is 23.1. The summed E-state index contributed by atoms with van der Waals surface area (Å²) in [6.45, 7) is 0. The maximum absolute atomic E-state index is 11.6. The highest BCUT2D eigenvalue weighted by Crippen LogP contribution is 2.44. The van der Waals surface area contributed by atoms with Crippen molar-refractivity contribution in [2.45, 2.75) is 37.9 Å². The summed E-state index contributed by atoms with van der Waals surface area (Å²) in [6, 6.07) is 0. The first-order chi connectivity index (χ1) is 7.75. The van der Waals surface area contributed by atoms with E-state index in [1.54, 1.807) is 0 Å². The Labute approximate surface area is 93.6 Å². The zero-order valence-corrected chi connectivity index (χ0v) is 8.93. The number of ether oxygens (including phenoxy) is 2. The molecule has 0 N–H and O–H groups in total. The summed E-state index contributed by atoms with van der Waals surface area (Å²) in [7, 11) is 0. The summed E-state index contributed by atoms with van der Waals surface area (Å²) in [5, 5.41) is 0. The lowest BCUT2D eigenvalue weighted by Crippen LogP contribution is -2.29. The number of hydrogen-bond acceptors (Lipinski definition) is 4. The minimum Gasteiger partial charge on any atom is -0.462 e. The summed E-state index contributed by atoms with van der Waals surface area (Å²) >= 11 is 0. The van der Waals surface area contributed by atoms with Crippen molar-refractivity contribution in [1.82, 2.24) is 0 Å². The van der Waals surface area contributed by atoms with Crippen LogP contribution in [0.1, 0.15) is 25.7 Å². The molecule has 1 saturated heterocycles. The van der Waals surface area contributed by atoms with Crippen molar-refractivity contribution in [3.8, 4) is 0 Å². The molecule has 4 heteroatoms. The molecule has 86 valence electrons. The molecular formula is C12H14O4. The second kappa shape index (κ2) is 3.61. The lowest BCUT2D eigenvalue weighted by molar-refractivity contribution is -0.151. The fourth-order valence-corrected chi connectivity index (χ4v) is 2.97. The van der Waals surface area contributed by atoms with Crippen LogP contribution in [0.4, 0.5) is 0 Å². The third-order valence-electron chi connectivity index (χ3n) is 3.71. The van der Waals surface area contributed by atoms with E-state index in [9.17, 15) is 9.59 Å². The Morgan fingerprint density at radius 2 is 2.06 bits per heavy atom. The van der Waals surface area contributed by atoms with E-state index in [2.05, 4.69) is 0 Å². The number of esters is 2. The Bertz CT molecular complexity index is 360. The highest BCUT2D eigenvalue weighted by atomic mass is 16.6. The highest BCUT2D eigenvalue weighted by molar-refractivity contribution is 5.77. The second-order valence-corrected chi connectivity index (χ2v) is 4.66. The zero-order chi connectivity index (χ0) is 11.1. The number of hydrogen-bond donors (Lipinski definition) is 0. The molecule has 1 saturated carbocycles. The van der Waals surface area contributed by atoms with Crippen LogP contribution in [0.2, 0.25) is 0 Å². The molecular weight excluding hydrogens is 208 g/mol. The first-order valence-electron chi connectivity index (χ1n) is 5.82. The SMILES string of the molecule is O=C1CC/C=C\[C@@H]2OC(=O)[C@H]3CC[C@@H](O1)[C@@H]23. The third kappa shape index (κ3) is 1.44. The molecule has 0 bridgehead atoms. The quantitative estimate of drug-likeness (QED) is 0.456. The van der Waals surface area contributed by atoms with E-state index in [1.165, 1.54) is 0 Å². The maximum Gasteiger partial charge on any atom is 0.310 e. The minimum absolute atomic E-state index is 0.0470. The lowest BCUT2D eigenvalue weighted by atomic mass is 9.92. The lowest BCUT2D eigenvalue weighted by Gasteiger charge is -2.20. The Hall–Kier alpha value is -1.32. The standard InChI is InChI=1S/C12H14O4/c13-10-4-2-1-3-8-11-7(12(14)16-8)5-6-9(11)15-10/h1,3,7-9,11H,2,4-6H2/b3-1-/t7-,8-,9+,11+/m0/s1. The number of rotatable bonds is 0. The topological polar surface area (TPSA) is 52.6 Å². The molecule has 0 radical (unpaired) electrons. The van der Waals surface area contributed by atoms with Gasteiger partial charge in [-0.25, -0.2) is 0 Å². The summed E-state index contributed by atoms with van der Waals surface area (Å²) in [6.07, 6.45) is 6.19. The largest absolute Gasteiger partial charge is 0.462 e. The molecule has 0 aromatic heterocycles. The Morgan fingerprint density at radius 1 is 1.19 bits per heavy atom. The normalized spacial score (nSPS) is 43.8. The fraction of sp³-hybridized carbons (Fsp3) is 0.667. The number of carbonyl (C=O) groups is 2. The van der Waals surface area contributed by atoms with Crippen LogP contribution >= 0.6 is 0 Å². The van der Waals surface area contributed by atoms with Gasteiger partial charge >= 0.3 is 11.9 Å². The number of allylic oxidation sites excluding steroid dienone is 1. The average molecular weight is 222 g/mol. The zero-order valence-electron chi connectivity index (χ0n) is 8.93. The molecule has 3 rings (SSSR count). The van der Waals surface area contributed by atoms with Gasteiger partial charge < -0.3 is 9.47 Å². The van der Waals surface area contributed by atoms with Crippen molar-refractivity contribution in [2.75, 3.05) is 0 Å². The van der Waals surface area contributed by atoms with E-state index < -0.39 is 0 Å². The first kappa shape index (κ1) is 9.87. The van der Waals surface area contributed by atoms with E-state index in [1.807, 2.05) is 12.2 Å². The van der Waals surface area contributed by atoms with E-state index in [-0.39, 0.29) is 36.0 Å². The molecule has 4 nitrogen and oxygen atoms in total. The Morgan fingerprint density at radius 3 is 2.94 bits per heavy atom. The average Bonchev–Trinajstić information content (AvgIpc) is 2.77. The molecule has 0 aromatic rings. The van der Waals surface area contributed by atoms with Crippen LogP contribution in [-0.4, -0.2) is 24.1 Å². The van der Waals surface area contributed by atoms with Crippen molar-refractivity contribution in [1.29, 1.82) is 0 Å². The number of carbonyl (C=O) groups excluding carboxylic acids is 2. The van der Waals surface area contributed by atoms with Crippen LogP contribution in [0.15, 0.2) is 12.2 Å². The van der Waals surface area contributed by atoms with Crippen LogP contribution in [0.25, 0.3) is 0 Å². The van der Waals surface area contributed by atoms with Gasteiger partial charge in [0.25, 0.3) is 0 Å². The van der Waals surface area contributed by atoms with Gasteiger partial charge in [0.2, 0.25) is 0 Å². The van der Waals surface area contributed by atoms with Crippen molar-refractivity contribution in [3.63, 3.8) is 0 Å². The van der Waals surface area contributed by atoms with Gasteiger partial charge in [0.05, 0.1) is 11.8 Å². The molecule has 2 aliphatic heterocycles. The van der Waals surface area contributed by atoms with E-state index in [0.29, 0.717) is 12.8 Å². The molecule has 2 fully saturated rings. The molecule has 0 aromatic carbocycles. The molecule has 4 atom stereocenters. The first-order valence-corrected chi connectivity index (χ1v) is 5.82. The molecule has 0 amide bonds. The van der Waals surface area contributed by atoms with Crippen molar-refractivity contribution < 1.29 is 19.1 Å². The monoisotopic (exact) mass is 222 g/mol. The summed E-state index contributed by atoms with van der Waals surface area (Å²) < 4.78 is 10.7. The van der Waals surface area contributed by atoms with E-state index in [4.69, 9.17) is 9.47 Å². The molecule has 1 aliphatic carbocycles. The fourth-order valence-electron chi connectivity index (χ4n) is 2.97. The molecule has 16 heavy (non-hydrogen) atoms. The van der Waals surface area contributed by atoms with Gasteiger partial charge in [-0.15, -0.1) is 0 Å². The summed E-state index contributed by atoms with van der Waals surface area (Å²) in [5.41, 5.74) is 0. The van der Waals surface area contributed by atoms with Crippen molar-refractivity contribution in [2.24, 2.45) is 11.8 Å². The Kier molecular flexibility index (Phi) is 2.23. The second-order valence-electron chi connectivity index (χ2n) is 4.66. The minimum atomic E-state index is -0.184. The van der Waals surface area contributed by atoms with Gasteiger partial charge in [0, 0.05) is 6.42 Å². The van der Waals surface area contributed by atoms with Crippen LogP contribution < -0.4 is 0 Å². The smallest absolute Gasteiger partial charge is 0.310 e. The molecule has 0 unspecified atom stereocenters. The summed E-state index contributed by atoms with van der Waals surface area (Å²) in [5.74, 6) is -0.301. The van der Waals surface area contributed by atoms with Gasteiger partial charge in [-0.2, -0.15) is 0 Å². The predicted octanol–water partition coefficient (Wildman–Crippen LogP) is 1.20.